The summed E-state index contributed by atoms with van der Waals surface area (Å²) in [5.74, 6) is -3.63. The lowest BCUT2D eigenvalue weighted by Crippen LogP contribution is -2.54. The normalized spacial score (nSPS) is 14.5. The van der Waals surface area contributed by atoms with Crippen molar-refractivity contribution >= 4 is 30.8 Å². The lowest BCUT2D eigenvalue weighted by atomic mass is 10.0. The van der Waals surface area contributed by atoms with Gasteiger partial charge in [-0.3, -0.25) is 0 Å². The summed E-state index contributed by atoms with van der Waals surface area (Å²) in [7, 11) is -0.289. The molecule has 9 nitrogen and oxygen atoms in total. The van der Waals surface area contributed by atoms with Gasteiger partial charge in [-0.15, -0.1) is 0 Å². The Morgan fingerprint density at radius 1 is 1.08 bits per heavy atom. The number of amides is 2. The number of pyridine rings is 1. The average Bonchev–Trinajstić information content (AvgIpc) is 3.37. The van der Waals surface area contributed by atoms with E-state index in [2.05, 4.69) is 35.3 Å². The number of aromatic nitrogens is 2. The fourth-order valence-corrected chi connectivity index (χ4v) is 5.66. The maximum atomic E-state index is 15.3. The van der Waals surface area contributed by atoms with E-state index in [0.29, 0.717) is 17.7 Å². The van der Waals surface area contributed by atoms with Gasteiger partial charge in [-0.05, 0) is 29.8 Å². The highest BCUT2D eigenvalue weighted by Crippen LogP contribution is 2.43. The second kappa shape index (κ2) is 13.7. The van der Waals surface area contributed by atoms with Crippen LogP contribution in [0.2, 0.25) is 25.7 Å². The molecule has 0 aliphatic carbocycles. The van der Waals surface area contributed by atoms with Crippen LogP contribution >= 0.6 is 0 Å². The Morgan fingerprint density at radius 3 is 2.40 bits per heavy atom. The number of nitrogens with one attached hydrogen (secondary N) is 2. The quantitative estimate of drug-likeness (QED) is 0.0887. The van der Waals surface area contributed by atoms with Crippen molar-refractivity contribution in [1.82, 2.24) is 14.9 Å². The third-order valence-electron chi connectivity index (χ3n) is 7.52. The number of halogens is 6. The summed E-state index contributed by atoms with van der Waals surface area (Å²) in [6.07, 6.45) is -1.71. The maximum Gasteiger partial charge on any atom is 0.419 e. The first-order chi connectivity index (χ1) is 22.6. The van der Waals surface area contributed by atoms with Crippen molar-refractivity contribution in [3.8, 4) is 28.4 Å². The Balaban J connectivity index is 1.48. The highest BCUT2D eigenvalue weighted by atomic mass is 28.3. The van der Waals surface area contributed by atoms with Gasteiger partial charge < -0.3 is 34.1 Å². The molecule has 16 heteroatoms. The summed E-state index contributed by atoms with van der Waals surface area (Å²) in [5, 5.41) is 4.78. The van der Waals surface area contributed by atoms with E-state index >= 15 is 8.78 Å². The molecule has 0 bridgehead atoms. The summed E-state index contributed by atoms with van der Waals surface area (Å²) < 4.78 is 109. The summed E-state index contributed by atoms with van der Waals surface area (Å²) in [5.41, 5.74) is -2.02. The standard InChI is InChI=1S/C32H34F6N4O5Si/c1-44-26-11-19(5-6-22(26)32(36,37)38)21-14-42(18-45-9-10-48(2,3)4)29-27(21)25(7-8-39-29)47-28-23(33)12-20(13-24(28)34)41-30(43)40-15-31(35)16-46-17-31/h5-8,11-14H,9-10,15-18H2,1-4H3,(H2,40,41,43). The van der Waals surface area contributed by atoms with Gasteiger partial charge >= 0.3 is 12.2 Å². The van der Waals surface area contributed by atoms with E-state index in [1.165, 1.54) is 24.4 Å². The molecule has 0 saturated carbocycles. The first-order valence-corrected chi connectivity index (χ1v) is 18.6. The SMILES string of the molecule is COc1cc(-c2cn(COCC[Si](C)(C)C)c3nccc(Oc4c(F)cc(NC(=O)NCC5(F)COC5)cc4F)c23)ccc1C(F)(F)F. The second-order valence-corrected chi connectivity index (χ2v) is 18.2. The van der Waals surface area contributed by atoms with Crippen molar-refractivity contribution < 1.29 is 50.1 Å². The summed E-state index contributed by atoms with van der Waals surface area (Å²) >= 11 is 0. The highest BCUT2D eigenvalue weighted by Gasteiger charge is 2.39. The monoisotopic (exact) mass is 696 g/mol. The van der Waals surface area contributed by atoms with Gasteiger partial charge in [0.15, 0.2) is 23.1 Å². The predicted molar refractivity (Wildman–Crippen MR) is 169 cm³/mol. The van der Waals surface area contributed by atoms with Crippen LogP contribution in [0.5, 0.6) is 17.2 Å². The van der Waals surface area contributed by atoms with Crippen molar-refractivity contribution in [3.63, 3.8) is 0 Å². The molecule has 2 N–H and O–H groups in total. The predicted octanol–water partition coefficient (Wildman–Crippen LogP) is 7.97. The second-order valence-electron chi connectivity index (χ2n) is 12.6. The molecular formula is C32H34F6N4O5Si. The molecule has 0 atom stereocenters. The molecule has 1 fully saturated rings. The number of hydrogen-bond acceptors (Lipinski definition) is 6. The maximum absolute atomic E-state index is 15.3. The van der Waals surface area contributed by atoms with Crippen molar-refractivity contribution in [2.45, 2.75) is 44.3 Å². The third-order valence-corrected chi connectivity index (χ3v) is 9.22. The van der Waals surface area contributed by atoms with Crippen LogP contribution in [0.15, 0.2) is 48.8 Å². The van der Waals surface area contributed by atoms with Crippen LogP contribution in [-0.4, -0.2) is 62.8 Å². The first kappa shape index (κ1) is 35.0. The van der Waals surface area contributed by atoms with Gasteiger partial charge in [0.25, 0.3) is 0 Å². The number of benzene rings is 2. The molecule has 2 aromatic carbocycles. The number of rotatable bonds is 12. The minimum Gasteiger partial charge on any atom is -0.496 e. The minimum atomic E-state index is -4.67. The fourth-order valence-electron chi connectivity index (χ4n) is 4.90. The number of urea groups is 1. The molecule has 2 amide bonds. The van der Waals surface area contributed by atoms with Crippen molar-refractivity contribution in [2.24, 2.45) is 0 Å². The zero-order valence-corrected chi connectivity index (χ0v) is 27.6. The first-order valence-electron chi connectivity index (χ1n) is 14.9. The molecule has 3 heterocycles. The number of fused-ring (bicyclic) bond motifs is 1. The van der Waals surface area contributed by atoms with Crippen LogP contribution in [0.3, 0.4) is 0 Å². The van der Waals surface area contributed by atoms with Crippen molar-refractivity contribution in [1.29, 1.82) is 0 Å². The van der Waals surface area contributed by atoms with Crippen molar-refractivity contribution in [2.75, 3.05) is 38.8 Å². The van der Waals surface area contributed by atoms with Crippen LogP contribution in [0, 0.1) is 11.6 Å². The Labute approximate surface area is 273 Å². The van der Waals surface area contributed by atoms with Crippen molar-refractivity contribution in [3.05, 3.63) is 66.0 Å². The smallest absolute Gasteiger partial charge is 0.419 e. The molecule has 0 radical (unpaired) electrons. The lowest BCUT2D eigenvalue weighted by molar-refractivity contribution is -0.138. The number of nitrogens with zero attached hydrogens (tertiary/aromatic N) is 2. The number of carbonyl (C=O) groups is 1. The zero-order valence-electron chi connectivity index (χ0n) is 26.6. The highest BCUT2D eigenvalue weighted by molar-refractivity contribution is 6.76. The zero-order chi connectivity index (χ0) is 34.9. The Morgan fingerprint density at radius 2 is 1.79 bits per heavy atom. The van der Waals surface area contributed by atoms with Crippen LogP contribution in [0.1, 0.15) is 5.56 Å². The average molecular weight is 697 g/mol. The topological polar surface area (TPSA) is 95.9 Å². The van der Waals surface area contributed by atoms with Gasteiger partial charge in [-0.2, -0.15) is 13.2 Å². The van der Waals surface area contributed by atoms with Gasteiger partial charge in [0, 0.05) is 50.5 Å². The molecule has 48 heavy (non-hydrogen) atoms. The molecule has 2 aromatic heterocycles. The van der Waals surface area contributed by atoms with E-state index < -0.39 is 54.6 Å². The lowest BCUT2D eigenvalue weighted by Gasteiger charge is -2.33. The number of methoxy groups -OCH3 is 1. The Kier molecular flexibility index (Phi) is 9.99. The summed E-state index contributed by atoms with van der Waals surface area (Å²) in [4.78, 5) is 16.6. The molecular weight excluding hydrogens is 662 g/mol. The number of ether oxygens (including phenoxy) is 4. The van der Waals surface area contributed by atoms with E-state index in [1.54, 1.807) is 10.8 Å². The molecule has 1 saturated heterocycles. The van der Waals surface area contributed by atoms with E-state index in [9.17, 15) is 22.4 Å². The largest absolute Gasteiger partial charge is 0.496 e. The molecule has 4 aromatic rings. The fraction of sp³-hybridized carbons (Fsp3) is 0.375. The number of alkyl halides is 4. The van der Waals surface area contributed by atoms with E-state index in [0.717, 1.165) is 31.4 Å². The van der Waals surface area contributed by atoms with Gasteiger partial charge in [-0.1, -0.05) is 25.7 Å². The molecule has 0 spiro atoms. The van der Waals surface area contributed by atoms with E-state index in [-0.39, 0.29) is 49.0 Å². The number of anilines is 1. The van der Waals surface area contributed by atoms with Crippen LogP contribution in [0.25, 0.3) is 22.2 Å². The molecule has 0 unspecified atom stereocenters. The number of hydrogen-bond donors (Lipinski definition) is 2. The molecule has 1 aliphatic heterocycles. The van der Waals surface area contributed by atoms with Crippen LogP contribution in [0.4, 0.5) is 36.8 Å². The third kappa shape index (κ3) is 8.05. The summed E-state index contributed by atoms with van der Waals surface area (Å²) in [6, 6.07) is 6.36. The van der Waals surface area contributed by atoms with E-state index in [1.807, 2.05) is 0 Å². The molecule has 5 rings (SSSR count). The summed E-state index contributed by atoms with van der Waals surface area (Å²) in [6.45, 7) is 6.41. The van der Waals surface area contributed by atoms with Gasteiger partial charge in [0.1, 0.15) is 23.9 Å². The Hall–Kier alpha value is -4.28. The van der Waals surface area contributed by atoms with E-state index in [4.69, 9.17) is 18.9 Å². The molecule has 258 valence electrons. The number of carbonyl (C=O) groups excluding carboxylic acids is 1. The molecule has 1 aliphatic rings. The van der Waals surface area contributed by atoms with Crippen LogP contribution in [-0.2, 0) is 22.4 Å². The minimum absolute atomic E-state index is 0.0386. The van der Waals surface area contributed by atoms with Gasteiger partial charge in [0.2, 0.25) is 0 Å². The van der Waals surface area contributed by atoms with Crippen LogP contribution < -0.4 is 20.1 Å². The van der Waals surface area contributed by atoms with Gasteiger partial charge in [0.05, 0.1) is 37.8 Å². The Bertz CT molecular complexity index is 1780. The van der Waals surface area contributed by atoms with Gasteiger partial charge in [-0.25, -0.2) is 22.9 Å².